The van der Waals surface area contributed by atoms with Crippen LogP contribution in [0.3, 0.4) is 0 Å². The Kier molecular flexibility index (Phi) is 5.35. The summed E-state index contributed by atoms with van der Waals surface area (Å²) < 4.78 is 13.7. The van der Waals surface area contributed by atoms with Gasteiger partial charge in [-0.25, -0.2) is 4.98 Å². The van der Waals surface area contributed by atoms with Gasteiger partial charge in [0.1, 0.15) is 5.15 Å². The molecule has 0 amide bonds. The van der Waals surface area contributed by atoms with Crippen molar-refractivity contribution in [3.05, 3.63) is 29.0 Å². The summed E-state index contributed by atoms with van der Waals surface area (Å²) in [6.45, 7) is 1.82. The Bertz CT molecular complexity index is 416. The molecular weight excluding hydrogens is 250 g/mol. The average Bonchev–Trinajstić information content (AvgIpc) is 2.29. The molecule has 0 aromatic carbocycles. The molecule has 0 aliphatic rings. The number of nitrogens with zero attached hydrogens (tertiary/aromatic N) is 3. The van der Waals surface area contributed by atoms with Crippen LogP contribution in [0.2, 0.25) is 5.15 Å². The zero-order valence-electron chi connectivity index (χ0n) is 8.75. The maximum atomic E-state index is 8.39. The molecule has 2 atom stereocenters. The zero-order valence-corrected chi connectivity index (χ0v) is 10.3. The number of rotatable bonds is 4. The van der Waals surface area contributed by atoms with Crippen molar-refractivity contribution < 1.29 is 8.37 Å². The minimum absolute atomic E-state index is 0.273. The lowest BCUT2D eigenvalue weighted by molar-refractivity contribution is 0.230. The summed E-state index contributed by atoms with van der Waals surface area (Å²) in [4.78, 5) is 3.93. The second-order valence-electron chi connectivity index (χ2n) is 2.73. The van der Waals surface area contributed by atoms with Gasteiger partial charge in [0.15, 0.2) is 11.3 Å². The van der Waals surface area contributed by atoms with Gasteiger partial charge in [-0.15, -0.1) is 0 Å². The van der Waals surface area contributed by atoms with E-state index in [0.717, 1.165) is 5.56 Å². The van der Waals surface area contributed by atoms with Crippen LogP contribution in [0.4, 0.5) is 0 Å². The highest BCUT2D eigenvalue weighted by Gasteiger charge is 2.09. The number of pyridine rings is 1. The van der Waals surface area contributed by atoms with Gasteiger partial charge in [-0.2, -0.15) is 5.26 Å². The van der Waals surface area contributed by atoms with Gasteiger partial charge in [0.05, 0.1) is 13.2 Å². The van der Waals surface area contributed by atoms with Gasteiger partial charge in [0.25, 0.3) is 0 Å². The predicted molar refractivity (Wildman–Crippen MR) is 61.2 cm³/mol. The average molecular weight is 260 g/mol. The molecule has 0 fully saturated rings. The van der Waals surface area contributed by atoms with Crippen LogP contribution in [0.25, 0.3) is 0 Å². The second kappa shape index (κ2) is 6.55. The predicted octanol–water partition coefficient (Wildman–Crippen LogP) is 2.57. The highest BCUT2D eigenvalue weighted by Crippen LogP contribution is 2.19. The summed E-state index contributed by atoms with van der Waals surface area (Å²) in [5, 5.41) is 8.81. The molecule has 7 heteroatoms. The number of aromatic nitrogens is 1. The van der Waals surface area contributed by atoms with Crippen molar-refractivity contribution in [2.75, 3.05) is 7.11 Å². The van der Waals surface area contributed by atoms with Gasteiger partial charge in [-0.3, -0.25) is 8.37 Å². The van der Waals surface area contributed by atoms with Crippen molar-refractivity contribution in [3.63, 3.8) is 0 Å². The van der Waals surface area contributed by atoms with Gasteiger partial charge >= 0.3 is 0 Å². The number of halogens is 1. The van der Waals surface area contributed by atoms with E-state index in [1.807, 2.05) is 6.92 Å². The van der Waals surface area contributed by atoms with Crippen LogP contribution >= 0.6 is 11.6 Å². The topological polar surface area (TPSA) is 67.5 Å². The molecule has 1 rings (SSSR count). The smallest absolute Gasteiger partial charge is 0.216 e. The van der Waals surface area contributed by atoms with E-state index in [1.165, 1.54) is 7.11 Å². The first kappa shape index (κ1) is 13.1. The maximum Gasteiger partial charge on any atom is 0.216 e. The molecular formula is C9H10ClN3O2S. The van der Waals surface area contributed by atoms with Crippen LogP contribution in [-0.4, -0.2) is 12.1 Å². The zero-order chi connectivity index (χ0) is 12.0. The van der Waals surface area contributed by atoms with Crippen molar-refractivity contribution in [2.24, 2.45) is 4.36 Å². The van der Waals surface area contributed by atoms with E-state index in [9.17, 15) is 0 Å². The fourth-order valence-corrected chi connectivity index (χ4v) is 1.67. The van der Waals surface area contributed by atoms with E-state index < -0.39 is 11.3 Å². The highest BCUT2D eigenvalue weighted by atomic mass is 35.5. The summed E-state index contributed by atoms with van der Waals surface area (Å²) in [7, 11) is 1.43. The van der Waals surface area contributed by atoms with E-state index in [2.05, 4.69) is 9.35 Å². The van der Waals surface area contributed by atoms with Crippen molar-refractivity contribution >= 4 is 22.9 Å². The normalized spacial score (nSPS) is 14.4. The number of hydrogen-bond acceptors (Lipinski definition) is 5. The fraction of sp³-hybridized carbons (Fsp3) is 0.333. The maximum absolute atomic E-state index is 8.39. The van der Waals surface area contributed by atoms with Crippen molar-refractivity contribution in [1.82, 2.24) is 4.98 Å². The van der Waals surface area contributed by atoms with Gasteiger partial charge in [-0.05, 0) is 13.0 Å². The van der Waals surface area contributed by atoms with E-state index in [4.69, 9.17) is 25.2 Å². The van der Waals surface area contributed by atoms with E-state index >= 15 is 0 Å². The lowest BCUT2D eigenvalue weighted by Gasteiger charge is -2.12. The summed E-state index contributed by atoms with van der Waals surface area (Å²) in [5.41, 5.74) is 0.840. The lowest BCUT2D eigenvalue weighted by atomic mass is 10.2. The monoisotopic (exact) mass is 259 g/mol. The SMILES string of the molecule is COS(=NC#N)O[C@H](C)c1ccc(Cl)nc1. The van der Waals surface area contributed by atoms with Crippen LogP contribution < -0.4 is 0 Å². The molecule has 0 spiro atoms. The van der Waals surface area contributed by atoms with Crippen LogP contribution in [-0.2, 0) is 19.6 Å². The molecule has 0 radical (unpaired) electrons. The standard InChI is InChI=1S/C9H10ClN3O2S/c1-7(15-16(14-2)13-6-11)8-3-4-9(10)12-5-8/h3-5,7H,1-2H3/t7-,16?/m1/s1. The molecule has 0 aliphatic carbocycles. The molecule has 1 heterocycles. The van der Waals surface area contributed by atoms with Gasteiger partial charge in [0.2, 0.25) is 6.19 Å². The first-order chi connectivity index (χ1) is 7.67. The molecule has 1 aromatic rings. The Morgan fingerprint density at radius 1 is 1.62 bits per heavy atom. The first-order valence-electron chi connectivity index (χ1n) is 4.34. The molecule has 1 unspecified atom stereocenters. The Balaban J connectivity index is 2.72. The third kappa shape index (κ3) is 3.87. The molecule has 86 valence electrons. The molecule has 5 nitrogen and oxygen atoms in total. The molecule has 0 saturated heterocycles. The Morgan fingerprint density at radius 2 is 2.38 bits per heavy atom. The Labute approximate surface area is 101 Å². The van der Waals surface area contributed by atoms with E-state index in [1.54, 1.807) is 24.5 Å². The molecule has 1 aromatic heterocycles. The van der Waals surface area contributed by atoms with Crippen LogP contribution in [0.15, 0.2) is 22.7 Å². The number of hydrogen-bond donors (Lipinski definition) is 0. The van der Waals surface area contributed by atoms with Gasteiger partial charge < -0.3 is 0 Å². The summed E-state index contributed by atoms with van der Waals surface area (Å²) >= 11 is 4.50. The first-order valence-corrected chi connectivity index (χ1v) is 5.75. The molecule has 0 aliphatic heterocycles. The summed E-state index contributed by atoms with van der Waals surface area (Å²) in [6, 6.07) is 3.46. The minimum Gasteiger partial charge on any atom is -0.287 e. The fourth-order valence-electron chi connectivity index (χ4n) is 0.938. The van der Waals surface area contributed by atoms with E-state index in [0.29, 0.717) is 5.15 Å². The highest BCUT2D eigenvalue weighted by molar-refractivity contribution is 7.77. The van der Waals surface area contributed by atoms with Crippen molar-refractivity contribution in [2.45, 2.75) is 13.0 Å². The second-order valence-corrected chi connectivity index (χ2v) is 4.26. The molecule has 0 N–H and O–H groups in total. The summed E-state index contributed by atoms with van der Waals surface area (Å²) in [6.07, 6.45) is 2.97. The quantitative estimate of drug-likeness (QED) is 0.616. The number of nitriles is 1. The third-order valence-corrected chi connectivity index (χ3v) is 2.90. The summed E-state index contributed by atoms with van der Waals surface area (Å²) in [5.74, 6) is 0. The largest absolute Gasteiger partial charge is 0.287 e. The van der Waals surface area contributed by atoms with Crippen LogP contribution in [0.5, 0.6) is 0 Å². The van der Waals surface area contributed by atoms with Crippen LogP contribution in [0.1, 0.15) is 18.6 Å². The van der Waals surface area contributed by atoms with Crippen LogP contribution in [0, 0.1) is 11.5 Å². The minimum atomic E-state index is -1.16. The molecule has 16 heavy (non-hydrogen) atoms. The van der Waals surface area contributed by atoms with Gasteiger partial charge in [0, 0.05) is 11.8 Å². The van der Waals surface area contributed by atoms with E-state index in [-0.39, 0.29) is 6.10 Å². The Morgan fingerprint density at radius 3 is 2.88 bits per heavy atom. The molecule has 0 bridgehead atoms. The lowest BCUT2D eigenvalue weighted by Crippen LogP contribution is -2.04. The third-order valence-electron chi connectivity index (χ3n) is 1.70. The van der Waals surface area contributed by atoms with Crippen molar-refractivity contribution in [3.8, 4) is 6.19 Å². The van der Waals surface area contributed by atoms with Gasteiger partial charge in [-0.1, -0.05) is 22.0 Å². The van der Waals surface area contributed by atoms with Crippen molar-refractivity contribution in [1.29, 1.82) is 5.26 Å². The Hall–Kier alpha value is -1.00. The molecule has 0 saturated carbocycles.